The second-order valence-corrected chi connectivity index (χ2v) is 5.85. The van der Waals surface area contributed by atoms with Gasteiger partial charge in [-0.25, -0.2) is 4.85 Å². The lowest BCUT2D eigenvalue weighted by Crippen LogP contribution is -2.06. The van der Waals surface area contributed by atoms with Crippen LogP contribution in [0.15, 0.2) is 48.8 Å². The van der Waals surface area contributed by atoms with Gasteiger partial charge in [-0.2, -0.15) is 5.26 Å². The Morgan fingerprint density at radius 3 is 2.56 bits per heavy atom. The molecule has 0 aliphatic carbocycles. The van der Waals surface area contributed by atoms with E-state index in [9.17, 15) is 5.26 Å². The monoisotopic (exact) mass is 326 g/mol. The van der Waals surface area contributed by atoms with Gasteiger partial charge in [0.2, 0.25) is 0 Å². The highest BCUT2D eigenvalue weighted by Crippen LogP contribution is 2.34. The molecule has 0 saturated carbocycles. The molecule has 3 rings (SSSR count). The van der Waals surface area contributed by atoms with E-state index in [1.54, 1.807) is 18.3 Å². The van der Waals surface area contributed by atoms with Gasteiger partial charge in [0.25, 0.3) is 0 Å². The van der Waals surface area contributed by atoms with Gasteiger partial charge in [-0.1, -0.05) is 37.3 Å². The number of pyridine rings is 1. The molecular formula is C21H18N4. The molecule has 0 aliphatic heterocycles. The molecule has 0 amide bonds. The Hall–Kier alpha value is -3.37. The Balaban J connectivity index is 2.16. The van der Waals surface area contributed by atoms with Crippen molar-refractivity contribution in [1.29, 1.82) is 5.26 Å². The zero-order valence-corrected chi connectivity index (χ0v) is 14.3. The first-order valence-electron chi connectivity index (χ1n) is 8.18. The maximum atomic E-state index is 9.77. The van der Waals surface area contributed by atoms with Crippen molar-refractivity contribution in [2.75, 3.05) is 0 Å². The van der Waals surface area contributed by atoms with Crippen LogP contribution in [0.3, 0.4) is 0 Å². The predicted molar refractivity (Wildman–Crippen MR) is 98.3 cm³/mol. The van der Waals surface area contributed by atoms with Crippen molar-refractivity contribution in [2.24, 2.45) is 0 Å². The Bertz CT molecular complexity index is 968. The van der Waals surface area contributed by atoms with Gasteiger partial charge in [-0.15, -0.1) is 0 Å². The summed E-state index contributed by atoms with van der Waals surface area (Å²) in [6.07, 6.45) is 4.40. The predicted octanol–water partition coefficient (Wildman–Crippen LogP) is 4.89. The van der Waals surface area contributed by atoms with Crippen LogP contribution < -0.4 is 0 Å². The van der Waals surface area contributed by atoms with E-state index in [4.69, 9.17) is 6.57 Å². The minimum absolute atomic E-state index is 0.602. The van der Waals surface area contributed by atoms with Crippen molar-refractivity contribution in [3.05, 3.63) is 82.7 Å². The fourth-order valence-electron chi connectivity index (χ4n) is 3.23. The van der Waals surface area contributed by atoms with Crippen molar-refractivity contribution in [2.45, 2.75) is 26.8 Å². The van der Waals surface area contributed by atoms with Gasteiger partial charge < -0.3 is 4.57 Å². The number of nitrogens with zero attached hydrogens (tertiary/aromatic N) is 4. The van der Waals surface area contributed by atoms with Crippen molar-refractivity contribution in [3.63, 3.8) is 0 Å². The molecule has 122 valence electrons. The zero-order chi connectivity index (χ0) is 17.8. The van der Waals surface area contributed by atoms with Gasteiger partial charge in [0.15, 0.2) is 5.69 Å². The Labute approximate surface area is 147 Å². The summed E-state index contributed by atoms with van der Waals surface area (Å²) in [7, 11) is 0. The summed E-state index contributed by atoms with van der Waals surface area (Å²) >= 11 is 0. The second-order valence-electron chi connectivity index (χ2n) is 5.85. The number of hydrogen-bond donors (Lipinski definition) is 0. The summed E-state index contributed by atoms with van der Waals surface area (Å²) in [5.74, 6) is 0. The van der Waals surface area contributed by atoms with Gasteiger partial charge in [-0.05, 0) is 30.5 Å². The standard InChI is InChI=1S/C21H18N4/c1-4-20-19(12-22)21(17-7-9-18(23-3)10-8-17)15(2)25(20)14-16-6-5-11-24-13-16/h5-11,13H,4,14H2,1-2H3. The first-order chi connectivity index (χ1) is 12.2. The van der Waals surface area contributed by atoms with Crippen LogP contribution in [0.4, 0.5) is 5.69 Å². The van der Waals surface area contributed by atoms with E-state index in [0.717, 1.165) is 40.1 Å². The van der Waals surface area contributed by atoms with E-state index < -0.39 is 0 Å². The van der Waals surface area contributed by atoms with Crippen LogP contribution in [0.1, 0.15) is 29.4 Å². The van der Waals surface area contributed by atoms with Gasteiger partial charge in [0.05, 0.1) is 12.1 Å². The average molecular weight is 326 g/mol. The molecule has 25 heavy (non-hydrogen) atoms. The smallest absolute Gasteiger partial charge is 0.187 e. The lowest BCUT2D eigenvalue weighted by molar-refractivity contribution is 0.724. The van der Waals surface area contributed by atoms with Crippen LogP contribution in [0.5, 0.6) is 0 Å². The number of rotatable bonds is 4. The van der Waals surface area contributed by atoms with Crippen LogP contribution in [0, 0.1) is 24.8 Å². The van der Waals surface area contributed by atoms with E-state index >= 15 is 0 Å². The van der Waals surface area contributed by atoms with Gasteiger partial charge in [-0.3, -0.25) is 4.98 Å². The summed E-state index contributed by atoms with van der Waals surface area (Å²) in [6, 6.07) is 13.8. The average Bonchev–Trinajstić information content (AvgIpc) is 2.93. The van der Waals surface area contributed by atoms with Crippen molar-refractivity contribution in [3.8, 4) is 17.2 Å². The highest BCUT2D eigenvalue weighted by molar-refractivity contribution is 5.76. The number of nitriles is 1. The first-order valence-corrected chi connectivity index (χ1v) is 8.18. The summed E-state index contributed by atoms with van der Waals surface area (Å²) < 4.78 is 2.20. The molecular weight excluding hydrogens is 308 g/mol. The fraction of sp³-hybridized carbons (Fsp3) is 0.190. The van der Waals surface area contributed by atoms with Crippen molar-refractivity contribution < 1.29 is 0 Å². The lowest BCUT2D eigenvalue weighted by atomic mass is 10.0. The number of aromatic nitrogens is 2. The molecule has 0 radical (unpaired) electrons. The fourth-order valence-corrected chi connectivity index (χ4v) is 3.23. The Morgan fingerprint density at radius 1 is 1.24 bits per heavy atom. The van der Waals surface area contributed by atoms with Crippen molar-refractivity contribution in [1.82, 2.24) is 9.55 Å². The molecule has 0 bridgehead atoms. The Kier molecular flexibility index (Phi) is 4.64. The van der Waals surface area contributed by atoms with E-state index in [2.05, 4.69) is 34.3 Å². The van der Waals surface area contributed by atoms with Gasteiger partial charge >= 0.3 is 0 Å². The van der Waals surface area contributed by atoms with Gasteiger partial charge in [0.1, 0.15) is 6.07 Å². The molecule has 0 aliphatic rings. The van der Waals surface area contributed by atoms with E-state index in [1.165, 1.54) is 0 Å². The summed E-state index contributed by atoms with van der Waals surface area (Å²) in [4.78, 5) is 7.62. The first kappa shape index (κ1) is 16.5. The molecule has 4 nitrogen and oxygen atoms in total. The van der Waals surface area contributed by atoms with Crippen LogP contribution in [-0.2, 0) is 13.0 Å². The summed E-state index contributed by atoms with van der Waals surface area (Å²) in [6.45, 7) is 11.9. The molecule has 0 unspecified atom stereocenters. The molecule has 0 N–H and O–H groups in total. The van der Waals surface area contributed by atoms with Crippen LogP contribution >= 0.6 is 0 Å². The quantitative estimate of drug-likeness (QED) is 0.641. The maximum absolute atomic E-state index is 9.77. The Morgan fingerprint density at radius 2 is 2.00 bits per heavy atom. The maximum Gasteiger partial charge on any atom is 0.187 e. The van der Waals surface area contributed by atoms with Crippen LogP contribution in [-0.4, -0.2) is 9.55 Å². The third-order valence-corrected chi connectivity index (χ3v) is 4.43. The van der Waals surface area contributed by atoms with E-state index in [0.29, 0.717) is 12.2 Å². The molecule has 3 aromatic rings. The third-order valence-electron chi connectivity index (χ3n) is 4.43. The molecule has 4 heteroatoms. The normalized spacial score (nSPS) is 10.2. The molecule has 0 fully saturated rings. The second kappa shape index (κ2) is 7.03. The van der Waals surface area contributed by atoms with E-state index in [1.807, 2.05) is 30.5 Å². The molecule has 0 saturated heterocycles. The largest absolute Gasteiger partial charge is 0.342 e. The highest BCUT2D eigenvalue weighted by atomic mass is 15.0. The highest BCUT2D eigenvalue weighted by Gasteiger charge is 2.20. The molecule has 0 atom stereocenters. The summed E-state index contributed by atoms with van der Waals surface area (Å²) in [5.41, 5.74) is 6.46. The minimum atomic E-state index is 0.602. The van der Waals surface area contributed by atoms with Crippen LogP contribution in [0.2, 0.25) is 0 Å². The third kappa shape index (κ3) is 3.03. The number of hydrogen-bond acceptors (Lipinski definition) is 2. The summed E-state index contributed by atoms with van der Waals surface area (Å²) in [5, 5.41) is 9.77. The zero-order valence-electron chi connectivity index (χ0n) is 14.3. The molecule has 2 heterocycles. The molecule has 0 spiro atoms. The molecule has 2 aromatic heterocycles. The topological polar surface area (TPSA) is 46.0 Å². The minimum Gasteiger partial charge on any atom is -0.342 e. The van der Waals surface area contributed by atoms with Crippen molar-refractivity contribution >= 4 is 5.69 Å². The van der Waals surface area contributed by atoms with E-state index in [-0.39, 0.29) is 0 Å². The number of benzene rings is 1. The lowest BCUT2D eigenvalue weighted by Gasteiger charge is -2.11. The van der Waals surface area contributed by atoms with Crippen LogP contribution in [0.25, 0.3) is 16.0 Å². The molecule has 1 aromatic carbocycles. The van der Waals surface area contributed by atoms with Gasteiger partial charge in [0, 0.05) is 35.9 Å². The SMILES string of the molecule is [C-]#[N+]c1ccc(-c2c(C#N)c(CC)n(Cc3cccnc3)c2C)cc1.